The highest BCUT2D eigenvalue weighted by Gasteiger charge is 2.39. The molecule has 6 nitrogen and oxygen atoms in total. The molecule has 2 atom stereocenters. The fourth-order valence-corrected chi connectivity index (χ4v) is 1.42. The summed E-state index contributed by atoms with van der Waals surface area (Å²) in [6, 6.07) is -0.640. The molecule has 1 heterocycles. The van der Waals surface area contributed by atoms with Gasteiger partial charge < -0.3 is 9.64 Å². The van der Waals surface area contributed by atoms with Crippen molar-refractivity contribution in [3.63, 3.8) is 0 Å². The summed E-state index contributed by atoms with van der Waals surface area (Å²) in [4.78, 5) is 24.7. The van der Waals surface area contributed by atoms with Crippen molar-refractivity contribution >= 4 is 12.0 Å². The van der Waals surface area contributed by atoms with Crippen LogP contribution in [-0.2, 0) is 9.53 Å². The summed E-state index contributed by atoms with van der Waals surface area (Å²) in [7, 11) is 1.60. The molecular formula is C11H20N2O4. The number of amides is 2. The number of ether oxygens (including phenoxy) is 1. The van der Waals surface area contributed by atoms with Crippen molar-refractivity contribution in [2.45, 2.75) is 46.4 Å². The molecule has 1 saturated heterocycles. The maximum absolute atomic E-state index is 11.7. The van der Waals surface area contributed by atoms with E-state index in [1.165, 1.54) is 4.90 Å². The van der Waals surface area contributed by atoms with Crippen LogP contribution in [0.15, 0.2) is 0 Å². The van der Waals surface area contributed by atoms with E-state index < -0.39 is 23.6 Å². The molecule has 1 aliphatic rings. The lowest BCUT2D eigenvalue weighted by Crippen LogP contribution is -2.56. The first-order chi connectivity index (χ1) is 7.64. The zero-order chi connectivity index (χ0) is 13.4. The van der Waals surface area contributed by atoms with Crippen LogP contribution in [0, 0.1) is 5.41 Å². The minimum atomic E-state index is -0.902. The molecule has 2 amide bonds. The molecule has 2 unspecified atom stereocenters. The molecule has 0 spiro atoms. The Morgan fingerprint density at radius 2 is 2.00 bits per heavy atom. The molecule has 0 saturated carbocycles. The third-order valence-corrected chi connectivity index (χ3v) is 2.83. The van der Waals surface area contributed by atoms with Crippen molar-refractivity contribution in [3.8, 4) is 0 Å². The molecular weight excluding hydrogens is 224 g/mol. The van der Waals surface area contributed by atoms with E-state index in [2.05, 4.69) is 0 Å². The van der Waals surface area contributed by atoms with E-state index in [-0.39, 0.29) is 6.04 Å². The number of rotatable bonds is 1. The molecule has 1 fully saturated rings. The molecule has 0 aromatic carbocycles. The van der Waals surface area contributed by atoms with Gasteiger partial charge in [0.15, 0.2) is 0 Å². The number of hydrogen-bond donors (Lipinski definition) is 1. The zero-order valence-electron chi connectivity index (χ0n) is 10.9. The number of hydrogen-bond acceptors (Lipinski definition) is 4. The Morgan fingerprint density at radius 1 is 1.47 bits per heavy atom. The van der Waals surface area contributed by atoms with Crippen LogP contribution in [0.4, 0.5) is 4.79 Å². The number of urea groups is 1. The van der Waals surface area contributed by atoms with Crippen molar-refractivity contribution in [3.05, 3.63) is 0 Å². The molecule has 98 valence electrons. The normalized spacial score (nSPS) is 26.1. The fourth-order valence-electron chi connectivity index (χ4n) is 1.42. The Labute approximate surface area is 101 Å². The van der Waals surface area contributed by atoms with Crippen molar-refractivity contribution < 1.29 is 19.5 Å². The maximum Gasteiger partial charge on any atom is 0.347 e. The summed E-state index contributed by atoms with van der Waals surface area (Å²) in [5.74, 6) is -0.439. The van der Waals surface area contributed by atoms with Gasteiger partial charge in [0.25, 0.3) is 0 Å². The molecule has 0 aromatic heterocycles. The summed E-state index contributed by atoms with van der Waals surface area (Å²) < 4.78 is 5.15. The zero-order valence-corrected chi connectivity index (χ0v) is 10.9. The van der Waals surface area contributed by atoms with Crippen LogP contribution in [0.25, 0.3) is 0 Å². The largest absolute Gasteiger partial charge is 0.439 e. The van der Waals surface area contributed by atoms with Gasteiger partial charge in [-0.2, -0.15) is 5.06 Å². The van der Waals surface area contributed by atoms with Gasteiger partial charge in [-0.25, -0.2) is 4.79 Å². The van der Waals surface area contributed by atoms with Crippen LogP contribution in [0.3, 0.4) is 0 Å². The Kier molecular flexibility index (Phi) is 3.66. The minimum absolute atomic E-state index is 0.0799. The smallest absolute Gasteiger partial charge is 0.347 e. The number of carbonyl (C=O) groups excluding carboxylic acids is 2. The highest BCUT2D eigenvalue weighted by molar-refractivity contribution is 5.77. The van der Waals surface area contributed by atoms with Gasteiger partial charge in [0.1, 0.15) is 0 Å². The maximum atomic E-state index is 11.7. The Balaban J connectivity index is 2.73. The average molecular weight is 244 g/mol. The van der Waals surface area contributed by atoms with Crippen molar-refractivity contribution in [1.82, 2.24) is 9.96 Å². The lowest BCUT2D eigenvalue weighted by Gasteiger charge is -2.39. The second-order valence-corrected chi connectivity index (χ2v) is 5.43. The number of carbonyl (C=O) groups is 2. The third-order valence-electron chi connectivity index (χ3n) is 2.83. The Bertz CT molecular complexity index is 324. The van der Waals surface area contributed by atoms with Gasteiger partial charge in [-0.15, -0.1) is 0 Å². The summed E-state index contributed by atoms with van der Waals surface area (Å²) in [6.45, 7) is 6.99. The molecule has 0 aliphatic carbocycles. The predicted molar refractivity (Wildman–Crippen MR) is 60.2 cm³/mol. The van der Waals surface area contributed by atoms with Crippen LogP contribution in [0.5, 0.6) is 0 Å². The SMILES string of the molecule is CC1CC(OC(=O)C(C)(C)C)N(O)C(=O)N1C. The van der Waals surface area contributed by atoms with Gasteiger partial charge in [-0.3, -0.25) is 10.0 Å². The van der Waals surface area contributed by atoms with Crippen LogP contribution in [0.2, 0.25) is 0 Å². The standard InChI is InChI=1S/C11H20N2O4/c1-7-6-8(13(16)10(15)12(7)5)17-9(14)11(2,3)4/h7-8,16H,6H2,1-5H3. The molecule has 0 aromatic rings. The first-order valence-electron chi connectivity index (χ1n) is 5.60. The second kappa shape index (κ2) is 4.52. The fraction of sp³-hybridized carbons (Fsp3) is 0.818. The van der Waals surface area contributed by atoms with Gasteiger partial charge in [-0.1, -0.05) is 0 Å². The topological polar surface area (TPSA) is 70.1 Å². The Morgan fingerprint density at radius 3 is 2.47 bits per heavy atom. The van der Waals surface area contributed by atoms with E-state index in [1.807, 2.05) is 6.92 Å². The molecule has 0 bridgehead atoms. The molecule has 6 heteroatoms. The van der Waals surface area contributed by atoms with Crippen molar-refractivity contribution in [2.24, 2.45) is 5.41 Å². The highest BCUT2D eigenvalue weighted by atomic mass is 16.6. The minimum Gasteiger partial charge on any atom is -0.439 e. The van der Waals surface area contributed by atoms with Crippen LogP contribution in [-0.4, -0.2) is 46.5 Å². The quantitative estimate of drug-likeness (QED) is 0.559. The summed E-state index contributed by atoms with van der Waals surface area (Å²) in [5.41, 5.74) is -0.656. The van der Waals surface area contributed by atoms with Crippen LogP contribution >= 0.6 is 0 Å². The molecule has 1 aliphatic heterocycles. The third kappa shape index (κ3) is 2.88. The lowest BCUT2D eigenvalue weighted by atomic mass is 9.97. The van der Waals surface area contributed by atoms with E-state index in [0.717, 1.165) is 0 Å². The monoisotopic (exact) mass is 244 g/mol. The van der Waals surface area contributed by atoms with E-state index >= 15 is 0 Å². The molecule has 1 rings (SSSR count). The molecule has 0 radical (unpaired) electrons. The highest BCUT2D eigenvalue weighted by Crippen LogP contribution is 2.23. The first kappa shape index (κ1) is 13.8. The van der Waals surface area contributed by atoms with Gasteiger partial charge in [0, 0.05) is 19.5 Å². The van der Waals surface area contributed by atoms with E-state index in [1.54, 1.807) is 27.8 Å². The first-order valence-corrected chi connectivity index (χ1v) is 5.60. The van der Waals surface area contributed by atoms with Crippen LogP contribution < -0.4 is 0 Å². The van der Waals surface area contributed by atoms with Crippen molar-refractivity contribution in [2.75, 3.05) is 7.05 Å². The van der Waals surface area contributed by atoms with Gasteiger partial charge in [-0.05, 0) is 27.7 Å². The van der Waals surface area contributed by atoms with E-state index in [4.69, 9.17) is 4.74 Å². The summed E-state index contributed by atoms with van der Waals surface area (Å²) in [5, 5.41) is 10.1. The van der Waals surface area contributed by atoms with Gasteiger partial charge in [0.2, 0.25) is 6.23 Å². The van der Waals surface area contributed by atoms with Gasteiger partial charge >= 0.3 is 12.0 Å². The lowest BCUT2D eigenvalue weighted by molar-refractivity contribution is -0.214. The van der Waals surface area contributed by atoms with E-state index in [9.17, 15) is 14.8 Å². The summed E-state index contributed by atoms with van der Waals surface area (Å²) >= 11 is 0. The number of hydroxylamine groups is 2. The Hall–Kier alpha value is -1.30. The van der Waals surface area contributed by atoms with Gasteiger partial charge in [0.05, 0.1) is 5.41 Å². The number of nitrogens with zero attached hydrogens (tertiary/aromatic N) is 2. The second-order valence-electron chi connectivity index (χ2n) is 5.43. The molecule has 17 heavy (non-hydrogen) atoms. The van der Waals surface area contributed by atoms with Crippen molar-refractivity contribution in [1.29, 1.82) is 0 Å². The predicted octanol–water partition coefficient (Wildman–Crippen LogP) is 1.44. The van der Waals surface area contributed by atoms with E-state index in [0.29, 0.717) is 11.5 Å². The number of esters is 1. The summed E-state index contributed by atoms with van der Waals surface area (Å²) in [6.07, 6.45) is -0.513. The average Bonchev–Trinajstić information content (AvgIpc) is 2.21. The molecule has 1 N–H and O–H groups in total. The van der Waals surface area contributed by atoms with Crippen LogP contribution in [0.1, 0.15) is 34.1 Å².